The molecule has 1 aromatic carbocycles. The number of sulfone groups is 1. The van der Waals surface area contributed by atoms with Crippen LogP contribution >= 0.6 is 15.9 Å². The second-order valence-corrected chi connectivity index (χ2v) is 9.69. The van der Waals surface area contributed by atoms with Gasteiger partial charge in [0.15, 0.2) is 9.84 Å². The third-order valence-corrected chi connectivity index (χ3v) is 7.44. The van der Waals surface area contributed by atoms with Crippen LogP contribution in [0, 0.1) is 22.5 Å². The number of hydrogen-bond donors (Lipinski definition) is 1. The minimum atomic E-state index is -3.83. The molecular weight excluding hydrogens is 448 g/mol. The van der Waals surface area contributed by atoms with Crippen molar-refractivity contribution in [3.8, 4) is 12.3 Å². The van der Waals surface area contributed by atoms with Gasteiger partial charge in [0.25, 0.3) is 5.69 Å². The smallest absolute Gasteiger partial charge is 0.272 e. The number of hydrazine groups is 1. The highest BCUT2D eigenvalue weighted by molar-refractivity contribution is 9.09. The van der Waals surface area contributed by atoms with Gasteiger partial charge >= 0.3 is 0 Å². The number of terminal acetylenes is 1. The zero-order valence-corrected chi connectivity index (χ0v) is 18.2. The Morgan fingerprint density at radius 2 is 2.04 bits per heavy atom. The number of piperidine rings is 1. The van der Waals surface area contributed by atoms with Crippen LogP contribution in [0.4, 0.5) is 11.4 Å². The Morgan fingerprint density at radius 1 is 1.39 bits per heavy atom. The maximum atomic E-state index is 13.5. The van der Waals surface area contributed by atoms with Crippen LogP contribution in [0.25, 0.3) is 0 Å². The quantitative estimate of drug-likeness (QED) is 0.203. The fourth-order valence-electron chi connectivity index (χ4n) is 3.42. The number of nitro groups is 1. The van der Waals surface area contributed by atoms with Crippen molar-refractivity contribution in [3.05, 3.63) is 27.8 Å². The highest BCUT2D eigenvalue weighted by Crippen LogP contribution is 2.37. The van der Waals surface area contributed by atoms with Crippen LogP contribution in [0.2, 0.25) is 0 Å². The van der Waals surface area contributed by atoms with E-state index >= 15 is 0 Å². The molecule has 0 aromatic heterocycles. The Balaban J connectivity index is 2.69. The molecule has 0 saturated carbocycles. The predicted molar refractivity (Wildman–Crippen MR) is 113 cm³/mol. The third-order valence-electron chi connectivity index (χ3n) is 4.81. The first-order chi connectivity index (χ1) is 13.3. The number of alkyl halides is 1. The first-order valence-corrected chi connectivity index (χ1v) is 11.8. The van der Waals surface area contributed by atoms with E-state index in [4.69, 9.17) is 12.3 Å². The Morgan fingerprint density at radius 3 is 2.54 bits per heavy atom. The number of anilines is 1. The molecule has 10 heteroatoms. The topological polar surface area (TPSA) is 110 Å². The molecule has 28 heavy (non-hydrogen) atoms. The molecule has 0 atom stereocenters. The van der Waals surface area contributed by atoms with Crippen LogP contribution < -0.4 is 10.7 Å². The standard InChI is InChI=1S/C18H25BrN4O4S/c1-3-8-21(11-7-19)18-14(4-2)12-15(23(24)25)13-17(18)28(26,27)16-5-9-22(20)10-6-16/h2,12-13,16H,3,5-11,20H2,1H3. The average Bonchev–Trinajstić information content (AvgIpc) is 2.67. The van der Waals surface area contributed by atoms with Gasteiger partial charge in [-0.2, -0.15) is 0 Å². The van der Waals surface area contributed by atoms with E-state index in [1.54, 1.807) is 5.01 Å². The maximum Gasteiger partial charge on any atom is 0.272 e. The molecule has 0 radical (unpaired) electrons. The molecule has 0 bridgehead atoms. The summed E-state index contributed by atoms with van der Waals surface area (Å²) >= 11 is 3.39. The van der Waals surface area contributed by atoms with E-state index in [9.17, 15) is 18.5 Å². The van der Waals surface area contributed by atoms with Gasteiger partial charge in [0.1, 0.15) is 0 Å². The van der Waals surface area contributed by atoms with E-state index in [0.29, 0.717) is 50.0 Å². The molecule has 1 aliphatic rings. The summed E-state index contributed by atoms with van der Waals surface area (Å²) in [6.07, 6.45) is 7.15. The van der Waals surface area contributed by atoms with Gasteiger partial charge in [-0.3, -0.25) is 16.0 Å². The van der Waals surface area contributed by atoms with Crippen LogP contribution in [0.1, 0.15) is 31.7 Å². The lowest BCUT2D eigenvalue weighted by Crippen LogP contribution is -2.43. The number of non-ortho nitro benzene ring substituents is 1. The summed E-state index contributed by atoms with van der Waals surface area (Å²) < 4.78 is 27.0. The number of benzene rings is 1. The van der Waals surface area contributed by atoms with Crippen molar-refractivity contribution in [1.82, 2.24) is 5.01 Å². The van der Waals surface area contributed by atoms with Gasteiger partial charge in [0, 0.05) is 43.6 Å². The van der Waals surface area contributed by atoms with Crippen molar-refractivity contribution >= 4 is 37.1 Å². The highest BCUT2D eigenvalue weighted by atomic mass is 79.9. The van der Waals surface area contributed by atoms with Gasteiger partial charge in [0.05, 0.1) is 26.3 Å². The van der Waals surface area contributed by atoms with E-state index < -0.39 is 20.0 Å². The van der Waals surface area contributed by atoms with Crippen LogP contribution in [0.3, 0.4) is 0 Å². The Kier molecular flexibility index (Phi) is 7.83. The summed E-state index contributed by atoms with van der Waals surface area (Å²) in [5.41, 5.74) is 0.282. The lowest BCUT2D eigenvalue weighted by molar-refractivity contribution is -0.385. The van der Waals surface area contributed by atoms with Crippen molar-refractivity contribution in [3.63, 3.8) is 0 Å². The number of halogens is 1. The summed E-state index contributed by atoms with van der Waals surface area (Å²) in [6.45, 7) is 4.01. The Labute approximate surface area is 174 Å². The van der Waals surface area contributed by atoms with Crippen molar-refractivity contribution in [1.29, 1.82) is 0 Å². The van der Waals surface area contributed by atoms with Gasteiger partial charge in [-0.15, -0.1) is 6.42 Å². The fraction of sp³-hybridized carbons (Fsp3) is 0.556. The predicted octanol–water partition coefficient (Wildman–Crippen LogP) is 2.30. The van der Waals surface area contributed by atoms with Gasteiger partial charge in [-0.05, 0) is 19.3 Å². The molecule has 1 heterocycles. The van der Waals surface area contributed by atoms with E-state index in [0.717, 1.165) is 12.5 Å². The molecule has 1 saturated heterocycles. The molecule has 1 fully saturated rings. The van der Waals surface area contributed by atoms with Crippen LogP contribution in [-0.2, 0) is 9.84 Å². The summed E-state index contributed by atoms with van der Waals surface area (Å²) in [7, 11) is -3.83. The molecule has 0 amide bonds. The average molecular weight is 473 g/mol. The lowest BCUT2D eigenvalue weighted by Gasteiger charge is -2.31. The van der Waals surface area contributed by atoms with Crippen molar-refractivity contribution < 1.29 is 13.3 Å². The number of hydrogen-bond acceptors (Lipinski definition) is 7. The largest absolute Gasteiger partial charge is 0.369 e. The second kappa shape index (κ2) is 9.69. The molecule has 2 rings (SSSR count). The van der Waals surface area contributed by atoms with Crippen molar-refractivity contribution in [2.45, 2.75) is 36.3 Å². The number of nitro benzene ring substituents is 1. The Hall–Kier alpha value is -1.67. The zero-order chi connectivity index (χ0) is 20.9. The fourth-order valence-corrected chi connectivity index (χ4v) is 5.84. The van der Waals surface area contributed by atoms with Crippen molar-refractivity contribution in [2.75, 3.05) is 36.4 Å². The highest BCUT2D eigenvalue weighted by Gasteiger charge is 2.35. The molecule has 0 unspecified atom stereocenters. The van der Waals surface area contributed by atoms with Crippen LogP contribution in [0.5, 0.6) is 0 Å². The van der Waals surface area contributed by atoms with E-state index in [-0.39, 0.29) is 16.1 Å². The third kappa shape index (κ3) is 4.84. The van der Waals surface area contributed by atoms with E-state index in [1.165, 1.54) is 6.07 Å². The molecule has 2 N–H and O–H groups in total. The molecule has 0 spiro atoms. The molecule has 1 aliphatic heterocycles. The summed E-state index contributed by atoms with van der Waals surface area (Å²) in [5, 5.41) is 12.9. The molecule has 0 aliphatic carbocycles. The monoisotopic (exact) mass is 472 g/mol. The molecule has 8 nitrogen and oxygen atoms in total. The zero-order valence-electron chi connectivity index (χ0n) is 15.8. The molecule has 1 aromatic rings. The summed E-state index contributed by atoms with van der Waals surface area (Å²) in [5.74, 6) is 8.21. The van der Waals surface area contributed by atoms with Crippen LogP contribution in [-0.4, -0.2) is 55.1 Å². The van der Waals surface area contributed by atoms with Gasteiger partial charge in [-0.1, -0.05) is 28.8 Å². The summed E-state index contributed by atoms with van der Waals surface area (Å²) in [6, 6.07) is 2.42. The second-order valence-electron chi connectivity index (χ2n) is 6.70. The maximum absolute atomic E-state index is 13.5. The minimum absolute atomic E-state index is 0.0560. The van der Waals surface area contributed by atoms with Gasteiger partial charge in [-0.25, -0.2) is 13.4 Å². The lowest BCUT2D eigenvalue weighted by atomic mass is 10.1. The number of rotatable bonds is 8. The van der Waals surface area contributed by atoms with Gasteiger partial charge < -0.3 is 4.90 Å². The first kappa shape index (κ1) is 22.6. The van der Waals surface area contributed by atoms with Crippen molar-refractivity contribution in [2.24, 2.45) is 5.84 Å². The van der Waals surface area contributed by atoms with E-state index in [2.05, 4.69) is 21.9 Å². The Bertz CT molecular complexity index is 855. The summed E-state index contributed by atoms with van der Waals surface area (Å²) in [4.78, 5) is 12.6. The molecular formula is C18H25BrN4O4S. The minimum Gasteiger partial charge on any atom is -0.369 e. The van der Waals surface area contributed by atoms with E-state index in [1.807, 2.05) is 11.8 Å². The number of nitrogens with zero attached hydrogens (tertiary/aromatic N) is 3. The van der Waals surface area contributed by atoms with Crippen LogP contribution in [0.15, 0.2) is 17.0 Å². The van der Waals surface area contributed by atoms with Gasteiger partial charge in [0.2, 0.25) is 0 Å². The normalized spacial score (nSPS) is 15.9. The molecule has 154 valence electrons. The number of nitrogens with two attached hydrogens (primary N) is 1. The SMILES string of the molecule is C#Cc1cc([N+](=O)[O-])cc(S(=O)(=O)C2CCN(N)CC2)c1N(CCC)CCBr. The first-order valence-electron chi connectivity index (χ1n) is 9.09.